The Labute approximate surface area is 164 Å². The van der Waals surface area contributed by atoms with Crippen molar-refractivity contribution in [2.75, 3.05) is 19.5 Å². The molecule has 0 spiro atoms. The van der Waals surface area contributed by atoms with E-state index in [4.69, 9.17) is 32.7 Å². The molecule has 5 nitrogen and oxygen atoms in total. The molecule has 0 aliphatic rings. The highest BCUT2D eigenvalue weighted by molar-refractivity contribution is 7.14. The first kappa shape index (κ1) is 18.5. The smallest absolute Gasteiger partial charge is 0.257 e. The lowest BCUT2D eigenvalue weighted by Gasteiger charge is -2.08. The first-order chi connectivity index (χ1) is 12.5. The van der Waals surface area contributed by atoms with Crippen molar-refractivity contribution in [3.05, 3.63) is 57.4 Å². The molecule has 2 aromatic carbocycles. The first-order valence-electron chi connectivity index (χ1n) is 7.45. The van der Waals surface area contributed by atoms with Crippen LogP contribution in [-0.4, -0.2) is 25.1 Å². The van der Waals surface area contributed by atoms with Crippen molar-refractivity contribution < 1.29 is 14.3 Å². The summed E-state index contributed by atoms with van der Waals surface area (Å²) < 4.78 is 10.4. The van der Waals surface area contributed by atoms with Crippen molar-refractivity contribution in [2.45, 2.75) is 0 Å². The van der Waals surface area contributed by atoms with Crippen LogP contribution in [0.4, 0.5) is 5.13 Å². The number of nitrogens with one attached hydrogen (secondary N) is 1. The summed E-state index contributed by atoms with van der Waals surface area (Å²) in [4.78, 5) is 16.9. The third-order valence-electron chi connectivity index (χ3n) is 3.55. The molecule has 1 N–H and O–H groups in total. The molecule has 3 rings (SSSR count). The van der Waals surface area contributed by atoms with Crippen molar-refractivity contribution in [3.8, 4) is 22.8 Å². The maximum Gasteiger partial charge on any atom is 0.257 e. The Bertz CT molecular complexity index is 937. The molecular formula is C18H14Cl2N2O3S. The van der Waals surface area contributed by atoms with Gasteiger partial charge in [-0.05, 0) is 24.3 Å². The van der Waals surface area contributed by atoms with Gasteiger partial charge in [-0.1, -0.05) is 29.3 Å². The number of carbonyl (C=O) groups is 1. The topological polar surface area (TPSA) is 60.5 Å². The number of aromatic nitrogens is 1. The Morgan fingerprint density at radius 2 is 1.73 bits per heavy atom. The third kappa shape index (κ3) is 4.09. The molecule has 1 aromatic heterocycles. The van der Waals surface area contributed by atoms with E-state index >= 15 is 0 Å². The van der Waals surface area contributed by atoms with Gasteiger partial charge in [-0.3, -0.25) is 10.1 Å². The van der Waals surface area contributed by atoms with Gasteiger partial charge in [-0.25, -0.2) is 4.98 Å². The molecule has 0 aliphatic carbocycles. The highest BCUT2D eigenvalue weighted by Gasteiger charge is 2.13. The number of benzene rings is 2. The zero-order valence-electron chi connectivity index (χ0n) is 13.9. The Morgan fingerprint density at radius 1 is 1.04 bits per heavy atom. The van der Waals surface area contributed by atoms with E-state index in [0.717, 1.165) is 5.56 Å². The first-order valence-corrected chi connectivity index (χ1v) is 9.09. The Balaban J connectivity index is 1.80. The number of carbonyl (C=O) groups excluding carboxylic acids is 1. The summed E-state index contributed by atoms with van der Waals surface area (Å²) in [5.41, 5.74) is 1.93. The fourth-order valence-electron chi connectivity index (χ4n) is 2.23. The van der Waals surface area contributed by atoms with Crippen molar-refractivity contribution in [1.82, 2.24) is 4.98 Å². The molecule has 0 aliphatic heterocycles. The second-order valence-electron chi connectivity index (χ2n) is 5.22. The summed E-state index contributed by atoms with van der Waals surface area (Å²) in [6.07, 6.45) is 0. The summed E-state index contributed by atoms with van der Waals surface area (Å²) in [6, 6.07) is 10.2. The molecule has 26 heavy (non-hydrogen) atoms. The predicted molar refractivity (Wildman–Crippen MR) is 105 cm³/mol. The number of rotatable bonds is 5. The molecule has 0 fully saturated rings. The van der Waals surface area contributed by atoms with Gasteiger partial charge >= 0.3 is 0 Å². The standard InChI is InChI=1S/C18H14Cl2N2O3S/c1-24-12-5-11(6-13(8-12)25-2)17(23)22-18-21-16(9-26-18)10-3-4-14(19)15(20)7-10/h3-9H,1-2H3,(H,21,22,23). The van der Waals surface area contributed by atoms with Gasteiger partial charge in [0.15, 0.2) is 5.13 Å². The third-order valence-corrected chi connectivity index (χ3v) is 5.05. The SMILES string of the molecule is COc1cc(OC)cc(C(=O)Nc2nc(-c3ccc(Cl)c(Cl)c3)cs2)c1. The molecule has 0 atom stereocenters. The number of hydrogen-bond acceptors (Lipinski definition) is 5. The minimum Gasteiger partial charge on any atom is -0.497 e. The number of amides is 1. The van der Waals surface area contributed by atoms with Crippen LogP contribution in [0.15, 0.2) is 41.8 Å². The van der Waals surface area contributed by atoms with Crippen molar-refractivity contribution in [2.24, 2.45) is 0 Å². The van der Waals surface area contributed by atoms with Crippen LogP contribution in [0.25, 0.3) is 11.3 Å². The van der Waals surface area contributed by atoms with Gasteiger partial charge < -0.3 is 9.47 Å². The van der Waals surface area contributed by atoms with Gasteiger partial charge in [0.1, 0.15) is 11.5 Å². The minimum absolute atomic E-state index is 0.308. The highest BCUT2D eigenvalue weighted by atomic mass is 35.5. The number of ether oxygens (including phenoxy) is 2. The molecule has 0 saturated carbocycles. The van der Waals surface area contributed by atoms with Crippen molar-refractivity contribution >= 4 is 45.6 Å². The van der Waals surface area contributed by atoms with Crippen molar-refractivity contribution in [3.63, 3.8) is 0 Å². The molecule has 134 valence electrons. The highest BCUT2D eigenvalue weighted by Crippen LogP contribution is 2.31. The van der Waals surface area contributed by atoms with Crippen LogP contribution in [0.3, 0.4) is 0 Å². The lowest BCUT2D eigenvalue weighted by Crippen LogP contribution is -2.12. The van der Waals surface area contributed by atoms with Gasteiger partial charge in [0.05, 0.1) is 30.0 Å². The van der Waals surface area contributed by atoms with E-state index in [2.05, 4.69) is 10.3 Å². The molecule has 0 unspecified atom stereocenters. The van der Waals surface area contributed by atoms with Crippen LogP contribution in [-0.2, 0) is 0 Å². The molecule has 3 aromatic rings. The fraction of sp³-hybridized carbons (Fsp3) is 0.111. The van der Waals surface area contributed by atoms with E-state index in [1.807, 2.05) is 11.4 Å². The van der Waals surface area contributed by atoms with Gasteiger partial charge in [0.25, 0.3) is 5.91 Å². The molecule has 0 bridgehead atoms. The van der Waals surface area contributed by atoms with Gasteiger partial charge in [0, 0.05) is 22.6 Å². The van der Waals surface area contributed by atoms with E-state index in [1.165, 1.54) is 25.6 Å². The summed E-state index contributed by atoms with van der Waals surface area (Å²) in [5, 5.41) is 6.01. The normalized spacial score (nSPS) is 10.5. The van der Waals surface area contributed by atoms with Gasteiger partial charge in [0.2, 0.25) is 0 Å². The largest absolute Gasteiger partial charge is 0.497 e. The summed E-state index contributed by atoms with van der Waals surface area (Å²) >= 11 is 13.3. The van der Waals surface area contributed by atoms with E-state index in [1.54, 1.807) is 30.3 Å². The zero-order chi connectivity index (χ0) is 18.7. The lowest BCUT2D eigenvalue weighted by atomic mass is 10.2. The number of methoxy groups -OCH3 is 2. The van der Waals surface area contributed by atoms with Crippen LogP contribution in [0.5, 0.6) is 11.5 Å². The van der Waals surface area contributed by atoms with E-state index < -0.39 is 0 Å². The number of anilines is 1. The number of hydrogen-bond donors (Lipinski definition) is 1. The molecular weight excluding hydrogens is 395 g/mol. The van der Waals surface area contributed by atoms with Crippen LogP contribution < -0.4 is 14.8 Å². The average Bonchev–Trinajstić information content (AvgIpc) is 3.11. The quantitative estimate of drug-likeness (QED) is 0.614. The second kappa shape index (κ2) is 7.95. The molecule has 1 amide bonds. The monoisotopic (exact) mass is 408 g/mol. The van der Waals surface area contributed by atoms with Crippen LogP contribution in [0.1, 0.15) is 10.4 Å². The van der Waals surface area contributed by atoms with Gasteiger partial charge in [-0.2, -0.15) is 0 Å². The van der Waals surface area contributed by atoms with E-state index in [9.17, 15) is 4.79 Å². The Morgan fingerprint density at radius 3 is 2.35 bits per heavy atom. The van der Waals surface area contributed by atoms with Crippen LogP contribution in [0.2, 0.25) is 10.0 Å². The predicted octanol–water partition coefficient (Wildman–Crippen LogP) is 5.39. The summed E-state index contributed by atoms with van der Waals surface area (Å²) in [5.74, 6) is 0.757. The molecule has 0 radical (unpaired) electrons. The summed E-state index contributed by atoms with van der Waals surface area (Å²) in [7, 11) is 3.06. The second-order valence-corrected chi connectivity index (χ2v) is 6.89. The molecule has 1 heterocycles. The Hall–Kier alpha value is -2.28. The fourth-order valence-corrected chi connectivity index (χ4v) is 3.24. The minimum atomic E-state index is -0.308. The van der Waals surface area contributed by atoms with E-state index in [-0.39, 0.29) is 5.91 Å². The number of halogens is 2. The summed E-state index contributed by atoms with van der Waals surface area (Å²) in [6.45, 7) is 0. The lowest BCUT2D eigenvalue weighted by molar-refractivity contribution is 0.102. The van der Waals surface area contributed by atoms with Crippen LogP contribution >= 0.6 is 34.5 Å². The zero-order valence-corrected chi connectivity index (χ0v) is 16.2. The van der Waals surface area contributed by atoms with Crippen LogP contribution in [0, 0.1) is 0 Å². The maximum atomic E-state index is 12.5. The molecule has 0 saturated heterocycles. The van der Waals surface area contributed by atoms with Crippen molar-refractivity contribution in [1.29, 1.82) is 0 Å². The number of nitrogens with zero attached hydrogens (tertiary/aromatic N) is 1. The Kier molecular flexibility index (Phi) is 5.66. The van der Waals surface area contributed by atoms with Gasteiger partial charge in [-0.15, -0.1) is 11.3 Å². The average molecular weight is 409 g/mol. The molecule has 8 heteroatoms. The maximum absolute atomic E-state index is 12.5. The number of thiazole rings is 1. The van der Waals surface area contributed by atoms with E-state index in [0.29, 0.717) is 37.9 Å².